The molecule has 0 fully saturated rings. The van der Waals surface area contributed by atoms with Crippen LogP contribution in [0.3, 0.4) is 0 Å². The Morgan fingerprint density at radius 2 is 0.912 bits per heavy atom. The highest BCUT2D eigenvalue weighted by molar-refractivity contribution is 6.09. The first kappa shape index (κ1) is 33.2. The lowest BCUT2D eigenvalue weighted by atomic mass is 9.81. The molecule has 10 aromatic rings. The zero-order chi connectivity index (χ0) is 38.1. The normalized spacial score (nSPS) is 12.9. The van der Waals surface area contributed by atoms with Crippen molar-refractivity contribution in [3.8, 4) is 44.5 Å². The van der Waals surface area contributed by atoms with E-state index in [0.29, 0.717) is 0 Å². The maximum absolute atomic E-state index is 6.48. The van der Waals surface area contributed by atoms with E-state index in [1.165, 1.54) is 60.8 Å². The van der Waals surface area contributed by atoms with Gasteiger partial charge in [-0.15, -0.1) is 0 Å². The highest BCUT2D eigenvalue weighted by atomic mass is 16.3. The lowest BCUT2D eigenvalue weighted by Crippen LogP contribution is -2.16. The van der Waals surface area contributed by atoms with E-state index in [4.69, 9.17) is 4.42 Å². The number of hydrogen-bond acceptors (Lipinski definition) is 2. The van der Waals surface area contributed by atoms with E-state index >= 15 is 0 Å². The molecule has 0 amide bonds. The van der Waals surface area contributed by atoms with Crippen molar-refractivity contribution >= 4 is 49.8 Å². The number of rotatable bonds is 6. The third-order valence-electron chi connectivity index (χ3n) is 12.1. The molecule has 9 aromatic carbocycles. The van der Waals surface area contributed by atoms with Gasteiger partial charge in [-0.3, -0.25) is 0 Å². The minimum Gasteiger partial charge on any atom is -0.455 e. The van der Waals surface area contributed by atoms with E-state index in [0.717, 1.165) is 44.6 Å². The number of fused-ring (bicyclic) bond motifs is 7. The zero-order valence-electron chi connectivity index (χ0n) is 31.9. The number of furan rings is 1. The highest BCUT2D eigenvalue weighted by Gasteiger charge is 2.36. The molecule has 1 aliphatic rings. The Kier molecular flexibility index (Phi) is 7.55. The van der Waals surface area contributed by atoms with Gasteiger partial charge in [-0.25, -0.2) is 0 Å². The van der Waals surface area contributed by atoms with Gasteiger partial charge < -0.3 is 9.32 Å². The number of hydrogen-bond donors (Lipinski definition) is 0. The van der Waals surface area contributed by atoms with Crippen LogP contribution in [0.5, 0.6) is 0 Å². The van der Waals surface area contributed by atoms with Crippen LogP contribution in [0.2, 0.25) is 0 Å². The predicted octanol–water partition coefficient (Wildman–Crippen LogP) is 15.5. The minimum atomic E-state index is -0.223. The van der Waals surface area contributed by atoms with Gasteiger partial charge in [-0.1, -0.05) is 166 Å². The average molecular weight is 730 g/mol. The van der Waals surface area contributed by atoms with E-state index in [9.17, 15) is 0 Å². The van der Waals surface area contributed by atoms with Crippen molar-refractivity contribution in [2.24, 2.45) is 0 Å². The molecular weight excluding hydrogens is 691 g/mol. The first-order valence-corrected chi connectivity index (χ1v) is 19.8. The van der Waals surface area contributed by atoms with Gasteiger partial charge in [0.15, 0.2) is 0 Å². The molecule has 1 aromatic heterocycles. The molecule has 270 valence electrons. The lowest BCUT2D eigenvalue weighted by Gasteiger charge is -2.28. The Morgan fingerprint density at radius 1 is 0.368 bits per heavy atom. The molecule has 57 heavy (non-hydrogen) atoms. The molecule has 11 rings (SSSR count). The highest BCUT2D eigenvalue weighted by Crippen LogP contribution is 2.52. The smallest absolute Gasteiger partial charge is 0.143 e. The van der Waals surface area contributed by atoms with Crippen LogP contribution >= 0.6 is 0 Å². The van der Waals surface area contributed by atoms with Gasteiger partial charge >= 0.3 is 0 Å². The monoisotopic (exact) mass is 729 g/mol. The SMILES string of the molecule is CC1(C)c2cc(-c3cccc4c3oc3ccccc34)ccc2-c2ccc(N(c3ccc(-c4ccccc4)cc3)c3ccc(-c4cccc5ccccc45)cc3)cc21. The van der Waals surface area contributed by atoms with E-state index in [2.05, 4.69) is 213 Å². The summed E-state index contributed by atoms with van der Waals surface area (Å²) in [6.45, 7) is 4.73. The van der Waals surface area contributed by atoms with Gasteiger partial charge in [-0.05, 0) is 109 Å². The Hall–Kier alpha value is -7.16. The fraction of sp³-hybridized carbons (Fsp3) is 0.0545. The van der Waals surface area contributed by atoms with Gasteiger partial charge in [0, 0.05) is 38.8 Å². The van der Waals surface area contributed by atoms with Crippen LogP contribution in [-0.2, 0) is 5.41 Å². The van der Waals surface area contributed by atoms with Gasteiger partial charge in [0.2, 0.25) is 0 Å². The molecule has 0 saturated carbocycles. The van der Waals surface area contributed by atoms with Gasteiger partial charge in [-0.2, -0.15) is 0 Å². The second kappa shape index (κ2) is 13.0. The number of benzene rings is 9. The van der Waals surface area contributed by atoms with Crippen LogP contribution in [0.4, 0.5) is 17.1 Å². The van der Waals surface area contributed by atoms with Crippen molar-refractivity contribution in [3.05, 3.63) is 211 Å². The predicted molar refractivity (Wildman–Crippen MR) is 240 cm³/mol. The molecule has 0 N–H and O–H groups in total. The number of para-hydroxylation sites is 2. The molecule has 1 aliphatic carbocycles. The van der Waals surface area contributed by atoms with E-state index in [1.54, 1.807) is 0 Å². The summed E-state index contributed by atoms with van der Waals surface area (Å²) in [6.07, 6.45) is 0. The van der Waals surface area contributed by atoms with Crippen LogP contribution in [0.1, 0.15) is 25.0 Å². The second-order valence-electron chi connectivity index (χ2n) is 15.7. The topological polar surface area (TPSA) is 16.4 Å². The molecule has 0 spiro atoms. The summed E-state index contributed by atoms with van der Waals surface area (Å²) in [4.78, 5) is 2.40. The molecule has 0 aliphatic heterocycles. The molecule has 0 atom stereocenters. The van der Waals surface area contributed by atoms with Gasteiger partial charge in [0.05, 0.1) is 0 Å². The second-order valence-corrected chi connectivity index (χ2v) is 15.7. The van der Waals surface area contributed by atoms with Crippen molar-refractivity contribution in [2.75, 3.05) is 4.90 Å². The lowest BCUT2D eigenvalue weighted by molar-refractivity contribution is 0.660. The van der Waals surface area contributed by atoms with Gasteiger partial charge in [0.1, 0.15) is 11.2 Å². The Labute approximate surface area is 332 Å². The van der Waals surface area contributed by atoms with Crippen LogP contribution in [0.15, 0.2) is 205 Å². The fourth-order valence-electron chi connectivity index (χ4n) is 9.15. The molecule has 0 saturated heterocycles. The number of anilines is 3. The van der Waals surface area contributed by atoms with E-state index in [1.807, 2.05) is 6.07 Å². The molecule has 0 radical (unpaired) electrons. The van der Waals surface area contributed by atoms with Crippen LogP contribution < -0.4 is 4.90 Å². The van der Waals surface area contributed by atoms with E-state index < -0.39 is 0 Å². The molecule has 0 unspecified atom stereocenters. The number of nitrogens with zero attached hydrogens (tertiary/aromatic N) is 1. The summed E-state index contributed by atoms with van der Waals surface area (Å²) in [5.41, 5.74) is 17.4. The van der Waals surface area contributed by atoms with Crippen molar-refractivity contribution < 1.29 is 4.42 Å². The molecular formula is C55H39NO. The molecule has 2 nitrogen and oxygen atoms in total. The quantitative estimate of drug-likeness (QED) is 0.169. The third kappa shape index (κ3) is 5.40. The van der Waals surface area contributed by atoms with E-state index in [-0.39, 0.29) is 5.41 Å². The first-order chi connectivity index (χ1) is 28.0. The third-order valence-corrected chi connectivity index (χ3v) is 12.1. The van der Waals surface area contributed by atoms with Gasteiger partial charge in [0.25, 0.3) is 0 Å². The largest absolute Gasteiger partial charge is 0.455 e. The average Bonchev–Trinajstić information content (AvgIpc) is 3.76. The Balaban J connectivity index is 1.01. The maximum atomic E-state index is 6.48. The zero-order valence-corrected chi connectivity index (χ0v) is 31.9. The Bertz CT molecular complexity index is 3130. The summed E-state index contributed by atoms with van der Waals surface area (Å²) >= 11 is 0. The summed E-state index contributed by atoms with van der Waals surface area (Å²) in [5, 5.41) is 4.81. The molecule has 0 bridgehead atoms. The standard InChI is InChI=1S/C55H39NO/c1-55(2)51-34-40(46-19-11-20-50-49-17-8-9-21-53(49)57-54(46)50)26-32-47(51)48-33-31-43(35-52(48)55)56(41-27-22-37(23-28-41)36-12-4-3-5-13-36)42-29-24-39(25-30-42)45-18-10-15-38-14-6-7-16-44(38)45/h3-35H,1-2H3. The van der Waals surface area contributed by atoms with Crippen molar-refractivity contribution in [1.29, 1.82) is 0 Å². The summed E-state index contributed by atoms with van der Waals surface area (Å²) in [6, 6.07) is 72.6. The maximum Gasteiger partial charge on any atom is 0.143 e. The first-order valence-electron chi connectivity index (χ1n) is 19.8. The minimum absolute atomic E-state index is 0.223. The van der Waals surface area contributed by atoms with Crippen molar-refractivity contribution in [3.63, 3.8) is 0 Å². The Morgan fingerprint density at radius 3 is 1.70 bits per heavy atom. The molecule has 2 heteroatoms. The summed E-state index contributed by atoms with van der Waals surface area (Å²) < 4.78 is 6.48. The summed E-state index contributed by atoms with van der Waals surface area (Å²) in [7, 11) is 0. The molecule has 1 heterocycles. The van der Waals surface area contributed by atoms with Crippen molar-refractivity contribution in [2.45, 2.75) is 19.3 Å². The van der Waals surface area contributed by atoms with Crippen molar-refractivity contribution in [1.82, 2.24) is 0 Å². The van der Waals surface area contributed by atoms with Crippen LogP contribution in [0, 0.1) is 0 Å². The summed E-state index contributed by atoms with van der Waals surface area (Å²) in [5.74, 6) is 0. The van der Waals surface area contributed by atoms with Crippen LogP contribution in [-0.4, -0.2) is 0 Å². The van der Waals surface area contributed by atoms with Crippen LogP contribution in [0.25, 0.3) is 77.2 Å². The fourth-order valence-corrected chi connectivity index (χ4v) is 9.15.